The van der Waals surface area contributed by atoms with Crippen LogP contribution in [0.2, 0.25) is 0 Å². The van der Waals surface area contributed by atoms with Crippen LogP contribution in [0.3, 0.4) is 0 Å². The first-order chi connectivity index (χ1) is 10.6. The Hall–Kier alpha value is -2.33. The van der Waals surface area contributed by atoms with Gasteiger partial charge in [-0.25, -0.2) is 0 Å². The van der Waals surface area contributed by atoms with Crippen LogP contribution in [-0.2, 0) is 4.79 Å². The standard InChI is InChI=1S/C18H22N2O2/c1-14-8-9-17(15(2)12-14)20-18(21)13-19-10-11-22-16-6-4-3-5-7-16/h3-9,12,19H,10-11,13H2,1-2H3,(H,20,21). The third kappa shape index (κ3) is 5.22. The summed E-state index contributed by atoms with van der Waals surface area (Å²) in [6.07, 6.45) is 0. The van der Waals surface area contributed by atoms with Crippen molar-refractivity contribution in [1.82, 2.24) is 5.32 Å². The average Bonchev–Trinajstić information content (AvgIpc) is 2.51. The molecule has 4 heteroatoms. The van der Waals surface area contributed by atoms with Crippen molar-refractivity contribution < 1.29 is 9.53 Å². The second-order valence-corrected chi connectivity index (χ2v) is 5.20. The summed E-state index contributed by atoms with van der Waals surface area (Å²) in [5.74, 6) is 0.788. The lowest BCUT2D eigenvalue weighted by molar-refractivity contribution is -0.115. The minimum Gasteiger partial charge on any atom is -0.492 e. The monoisotopic (exact) mass is 298 g/mol. The quantitative estimate of drug-likeness (QED) is 0.773. The number of carbonyl (C=O) groups excluding carboxylic acids is 1. The molecule has 2 N–H and O–H groups in total. The third-order valence-corrected chi connectivity index (χ3v) is 3.23. The highest BCUT2D eigenvalue weighted by molar-refractivity contribution is 5.92. The van der Waals surface area contributed by atoms with E-state index in [1.54, 1.807) is 0 Å². The van der Waals surface area contributed by atoms with E-state index in [1.165, 1.54) is 5.56 Å². The van der Waals surface area contributed by atoms with E-state index in [9.17, 15) is 4.79 Å². The van der Waals surface area contributed by atoms with Gasteiger partial charge in [0.25, 0.3) is 0 Å². The summed E-state index contributed by atoms with van der Waals surface area (Å²) in [6, 6.07) is 15.6. The van der Waals surface area contributed by atoms with Crippen molar-refractivity contribution in [2.75, 3.05) is 25.0 Å². The van der Waals surface area contributed by atoms with Gasteiger partial charge in [-0.15, -0.1) is 0 Å². The van der Waals surface area contributed by atoms with Gasteiger partial charge in [-0.1, -0.05) is 35.9 Å². The average molecular weight is 298 g/mol. The number of anilines is 1. The first-order valence-corrected chi connectivity index (χ1v) is 7.41. The first kappa shape index (κ1) is 16.0. The highest BCUT2D eigenvalue weighted by Gasteiger charge is 2.04. The zero-order valence-electron chi connectivity index (χ0n) is 13.1. The van der Waals surface area contributed by atoms with Gasteiger partial charge in [-0.3, -0.25) is 4.79 Å². The lowest BCUT2D eigenvalue weighted by atomic mass is 10.1. The van der Waals surface area contributed by atoms with Crippen molar-refractivity contribution >= 4 is 11.6 Å². The fourth-order valence-electron chi connectivity index (χ4n) is 2.11. The zero-order valence-corrected chi connectivity index (χ0v) is 13.1. The van der Waals surface area contributed by atoms with Crippen LogP contribution < -0.4 is 15.4 Å². The summed E-state index contributed by atoms with van der Waals surface area (Å²) in [5, 5.41) is 5.97. The van der Waals surface area contributed by atoms with Crippen LogP contribution in [0.5, 0.6) is 5.75 Å². The summed E-state index contributed by atoms with van der Waals surface area (Å²) in [4.78, 5) is 11.9. The second kappa shape index (κ2) is 8.20. The van der Waals surface area contributed by atoms with Crippen LogP contribution in [0.15, 0.2) is 48.5 Å². The molecule has 0 aromatic heterocycles. The molecule has 0 atom stereocenters. The molecule has 0 aliphatic heterocycles. The Labute approximate surface area is 131 Å². The molecule has 4 nitrogen and oxygen atoms in total. The molecule has 0 aliphatic carbocycles. The summed E-state index contributed by atoms with van der Waals surface area (Å²) in [7, 11) is 0. The molecule has 0 saturated heterocycles. The van der Waals surface area contributed by atoms with Crippen LogP contribution in [0.4, 0.5) is 5.69 Å². The fourth-order valence-corrected chi connectivity index (χ4v) is 2.11. The van der Waals surface area contributed by atoms with Gasteiger partial charge >= 0.3 is 0 Å². The van der Waals surface area contributed by atoms with Crippen molar-refractivity contribution in [3.05, 3.63) is 59.7 Å². The maximum absolute atomic E-state index is 11.9. The van der Waals surface area contributed by atoms with E-state index >= 15 is 0 Å². The topological polar surface area (TPSA) is 50.4 Å². The lowest BCUT2D eigenvalue weighted by Crippen LogP contribution is -2.31. The number of benzene rings is 2. The normalized spacial score (nSPS) is 10.3. The van der Waals surface area contributed by atoms with Crippen molar-refractivity contribution in [3.63, 3.8) is 0 Å². The third-order valence-electron chi connectivity index (χ3n) is 3.23. The van der Waals surface area contributed by atoms with E-state index in [-0.39, 0.29) is 12.5 Å². The molecule has 2 aromatic rings. The van der Waals surface area contributed by atoms with E-state index < -0.39 is 0 Å². The van der Waals surface area contributed by atoms with Gasteiger partial charge in [0, 0.05) is 12.2 Å². The molecule has 0 unspecified atom stereocenters. The molecule has 2 rings (SSSR count). The Morgan fingerprint density at radius 2 is 1.86 bits per heavy atom. The molecule has 0 radical (unpaired) electrons. The van der Waals surface area contributed by atoms with Crippen molar-refractivity contribution in [1.29, 1.82) is 0 Å². The molecule has 2 aromatic carbocycles. The highest BCUT2D eigenvalue weighted by atomic mass is 16.5. The number of amides is 1. The zero-order chi connectivity index (χ0) is 15.8. The van der Waals surface area contributed by atoms with E-state index in [0.29, 0.717) is 13.2 Å². The van der Waals surface area contributed by atoms with E-state index in [1.807, 2.05) is 56.3 Å². The minimum absolute atomic E-state index is 0.0494. The van der Waals surface area contributed by atoms with E-state index in [0.717, 1.165) is 17.0 Å². The number of hydrogen-bond acceptors (Lipinski definition) is 3. The summed E-state index contributed by atoms with van der Waals surface area (Å²) >= 11 is 0. The highest BCUT2D eigenvalue weighted by Crippen LogP contribution is 2.15. The van der Waals surface area contributed by atoms with Crippen LogP contribution in [0.25, 0.3) is 0 Å². The first-order valence-electron chi connectivity index (χ1n) is 7.41. The second-order valence-electron chi connectivity index (χ2n) is 5.20. The number of ether oxygens (including phenoxy) is 1. The van der Waals surface area contributed by atoms with Gasteiger partial charge in [-0.05, 0) is 37.6 Å². The smallest absolute Gasteiger partial charge is 0.238 e. The Kier molecular flexibility index (Phi) is 5.98. The number of aryl methyl sites for hydroxylation is 2. The van der Waals surface area contributed by atoms with Crippen LogP contribution in [0, 0.1) is 13.8 Å². The van der Waals surface area contributed by atoms with E-state index in [4.69, 9.17) is 4.74 Å². The van der Waals surface area contributed by atoms with Gasteiger partial charge in [0.15, 0.2) is 0 Å². The number of rotatable bonds is 7. The Morgan fingerprint density at radius 3 is 2.59 bits per heavy atom. The van der Waals surface area contributed by atoms with E-state index in [2.05, 4.69) is 16.7 Å². The molecule has 116 valence electrons. The minimum atomic E-state index is -0.0494. The van der Waals surface area contributed by atoms with Crippen LogP contribution in [0.1, 0.15) is 11.1 Å². The summed E-state index contributed by atoms with van der Waals surface area (Å²) < 4.78 is 5.54. The van der Waals surface area contributed by atoms with Gasteiger partial charge in [-0.2, -0.15) is 0 Å². The van der Waals surface area contributed by atoms with Crippen LogP contribution >= 0.6 is 0 Å². The lowest BCUT2D eigenvalue weighted by Gasteiger charge is -2.10. The van der Waals surface area contributed by atoms with Crippen molar-refractivity contribution in [3.8, 4) is 5.75 Å². The number of para-hydroxylation sites is 1. The molecule has 0 heterocycles. The SMILES string of the molecule is Cc1ccc(NC(=O)CNCCOc2ccccc2)c(C)c1. The largest absolute Gasteiger partial charge is 0.492 e. The Bertz CT molecular complexity index is 612. The maximum atomic E-state index is 11.9. The molecule has 0 fully saturated rings. The molecule has 0 spiro atoms. The van der Waals surface area contributed by atoms with Crippen LogP contribution in [-0.4, -0.2) is 25.6 Å². The summed E-state index contributed by atoms with van der Waals surface area (Å²) in [6.45, 7) is 5.44. The number of nitrogens with one attached hydrogen (secondary N) is 2. The predicted octanol–water partition coefficient (Wildman–Crippen LogP) is 2.91. The van der Waals surface area contributed by atoms with Crippen molar-refractivity contribution in [2.24, 2.45) is 0 Å². The number of carbonyl (C=O) groups is 1. The van der Waals surface area contributed by atoms with Gasteiger partial charge < -0.3 is 15.4 Å². The Balaban J connectivity index is 1.65. The molecular formula is C18H22N2O2. The van der Waals surface area contributed by atoms with Gasteiger partial charge in [0.05, 0.1) is 6.54 Å². The van der Waals surface area contributed by atoms with Gasteiger partial charge in [0.1, 0.15) is 12.4 Å². The molecule has 22 heavy (non-hydrogen) atoms. The molecule has 0 bridgehead atoms. The molecule has 0 saturated carbocycles. The fraction of sp³-hybridized carbons (Fsp3) is 0.278. The Morgan fingerprint density at radius 1 is 1.09 bits per heavy atom. The van der Waals surface area contributed by atoms with Gasteiger partial charge in [0.2, 0.25) is 5.91 Å². The summed E-state index contributed by atoms with van der Waals surface area (Å²) in [5.41, 5.74) is 3.12. The predicted molar refractivity (Wildman–Crippen MR) is 89.4 cm³/mol. The number of hydrogen-bond donors (Lipinski definition) is 2. The van der Waals surface area contributed by atoms with Crippen molar-refractivity contribution in [2.45, 2.75) is 13.8 Å². The molecular weight excluding hydrogens is 276 g/mol. The molecule has 1 amide bonds. The maximum Gasteiger partial charge on any atom is 0.238 e. The molecule has 0 aliphatic rings.